The van der Waals surface area contributed by atoms with E-state index in [1.54, 1.807) is 91.3 Å². The van der Waals surface area contributed by atoms with Crippen molar-refractivity contribution in [2.24, 2.45) is 0 Å². The van der Waals surface area contributed by atoms with Crippen molar-refractivity contribution in [2.75, 3.05) is 256 Å². The Morgan fingerprint density at radius 1 is 0.198 bits per heavy atom. The van der Waals surface area contributed by atoms with Gasteiger partial charge in [-0.05, 0) is 226 Å². The molecule has 0 aromatic heterocycles. The summed E-state index contributed by atoms with van der Waals surface area (Å²) in [6.45, 7) is 74.5. The molecule has 6 fully saturated rings. The average Bonchev–Trinajstić information content (AvgIpc) is 0.833. The molecular weight excluding hydrogens is 2030 g/mol. The summed E-state index contributed by atoms with van der Waals surface area (Å²) >= 11 is 0. The monoisotopic (exact) mass is 2230 g/mol. The van der Waals surface area contributed by atoms with Crippen molar-refractivity contribution in [2.45, 2.75) is 226 Å². The molecule has 6 aliphatic heterocycles. The first kappa shape index (κ1) is 147. The maximum Gasteiger partial charge on any atom is 0.526 e. The van der Waals surface area contributed by atoms with Crippen molar-refractivity contribution in [3.05, 3.63) is 0 Å². The molecule has 0 radical (unpaired) electrons. The van der Waals surface area contributed by atoms with Crippen LogP contribution in [0.25, 0.3) is 0 Å². The zero-order valence-electron chi connectivity index (χ0n) is 90.5. The maximum absolute atomic E-state index is 8.86. The first-order chi connectivity index (χ1) is 60.1. The van der Waals surface area contributed by atoms with Gasteiger partial charge in [-0.25, -0.2) is 0 Å². The highest BCUT2D eigenvalue weighted by molar-refractivity contribution is 6.80. The van der Waals surface area contributed by atoms with E-state index < -0.39 is 161 Å². The number of aliphatic hydroxyl groups excluding tert-OH is 7. The lowest BCUT2D eigenvalue weighted by atomic mass is 10.9. The predicted molar refractivity (Wildman–Crippen MR) is 559 cm³/mol. The van der Waals surface area contributed by atoms with E-state index in [0.717, 1.165) is 32.3 Å². The van der Waals surface area contributed by atoms with E-state index in [4.69, 9.17) is 177 Å². The Kier molecular flexibility index (Phi) is 82.3. The molecule has 0 aliphatic carbocycles. The van der Waals surface area contributed by atoms with Crippen LogP contribution in [-0.2, 0) is 142 Å². The fourth-order valence-electron chi connectivity index (χ4n) is 8.69. The van der Waals surface area contributed by atoms with E-state index in [9.17, 15) is 0 Å². The van der Waals surface area contributed by atoms with Gasteiger partial charge in [0.2, 0.25) is 83.2 Å². The van der Waals surface area contributed by atoms with Gasteiger partial charge in [0.25, 0.3) is 0 Å². The number of hydrogen-bond donors (Lipinski definition) is 7. The minimum Gasteiger partial charge on any atom is -0.418 e. The Morgan fingerprint density at radius 3 is 0.527 bits per heavy atom. The summed E-state index contributed by atoms with van der Waals surface area (Å²) in [4.78, 5) is 0. The minimum atomic E-state index is -2.46. The van der Waals surface area contributed by atoms with Crippen LogP contribution in [-0.4, -0.2) is 453 Å². The molecular formula is C73H198O39Si19. The Labute approximate surface area is 814 Å². The predicted octanol–water partition coefficient (Wildman–Crippen LogP) is 8.90. The fourth-order valence-corrected chi connectivity index (χ4v) is 47.5. The molecule has 800 valence electrons. The molecule has 39 nitrogen and oxygen atoms in total. The Balaban J connectivity index is -0.000000256. The van der Waals surface area contributed by atoms with Crippen molar-refractivity contribution >= 4 is 161 Å². The third-order valence-corrected chi connectivity index (χ3v) is 61.6. The van der Waals surface area contributed by atoms with Crippen LogP contribution in [0.5, 0.6) is 0 Å². The summed E-state index contributed by atoms with van der Waals surface area (Å²) in [7, 11) is -18.0. The third kappa shape index (κ3) is 72.5. The Morgan fingerprint density at radius 2 is 0.405 bits per heavy atom. The van der Waals surface area contributed by atoms with Crippen LogP contribution < -0.4 is 0 Å². The third-order valence-electron chi connectivity index (χ3n) is 18.8. The first-order valence-corrected chi connectivity index (χ1v) is 96.4. The van der Waals surface area contributed by atoms with Crippen molar-refractivity contribution in [3.8, 4) is 0 Å². The molecule has 2 unspecified atom stereocenters. The average molecular weight is 2230 g/mol. The SMILES string of the molecule is CCO[Si](C)(C)CO.CCO[Si](C)(C)CO.CCO[Si](C)(CO)OCC.CCO[Si]1(C)CO[Si](C)(C)CO1.CCO[Si]1(OCC)CO[Si](C)(C)CO1.CCO[Si]1(OCC)CO[Si](C)(C)CO1.CO[Si](C)(C)CO.CO[Si](C)(C)CO.CO[Si](C)(CO)OC.CO[Si](C)(CO)OC.CO[Si]1(C)CO[Si](C)(C)CO1.CO[Si]1(OC)CO[Si](C)(C)CO1.CO[Si]1(OC)CO[Si](C)(C)CO1. The summed E-state index contributed by atoms with van der Waals surface area (Å²) in [5.41, 5.74) is 0. The maximum atomic E-state index is 8.86. The van der Waals surface area contributed by atoms with Crippen molar-refractivity contribution in [1.82, 2.24) is 0 Å². The fraction of sp³-hybridized carbons (Fsp3) is 1.00. The van der Waals surface area contributed by atoms with Crippen molar-refractivity contribution in [3.63, 3.8) is 0 Å². The first-order valence-electron chi connectivity index (χ1n) is 44.9. The summed E-state index contributed by atoms with van der Waals surface area (Å²) in [6, 6.07) is 0. The number of hydrogen-bond acceptors (Lipinski definition) is 39. The molecule has 0 aromatic rings. The van der Waals surface area contributed by atoms with Gasteiger partial charge in [0.05, 0.1) is 93.5 Å². The lowest BCUT2D eigenvalue weighted by Gasteiger charge is -2.38. The molecule has 6 heterocycles. The summed E-state index contributed by atoms with van der Waals surface area (Å²) in [5, 5.41) is 60.4. The summed E-state index contributed by atoms with van der Waals surface area (Å²) in [6.07, 6.45) is 8.64. The highest BCUT2D eigenvalue weighted by Gasteiger charge is 2.53. The second-order valence-corrected chi connectivity index (χ2v) is 105. The Bertz CT molecular complexity index is 2460. The molecule has 58 heteroatoms. The summed E-state index contributed by atoms with van der Waals surface area (Å²) < 4.78 is 174. The molecule has 7 N–H and O–H groups in total. The second-order valence-electron chi connectivity index (χ2n) is 36.7. The van der Waals surface area contributed by atoms with Gasteiger partial charge in [0.15, 0.2) is 0 Å². The van der Waals surface area contributed by atoms with Gasteiger partial charge >= 0.3 is 78.0 Å². The molecule has 6 saturated heterocycles. The van der Waals surface area contributed by atoms with Crippen LogP contribution in [0.3, 0.4) is 0 Å². The summed E-state index contributed by atoms with van der Waals surface area (Å²) in [5.74, 6) is 0. The van der Waals surface area contributed by atoms with E-state index in [1.807, 2.05) is 128 Å². The van der Waals surface area contributed by atoms with Gasteiger partial charge in [-0.1, -0.05) is 0 Å². The topological polar surface area (TPSA) is 437 Å². The molecule has 6 aliphatic rings. The van der Waals surface area contributed by atoms with Crippen LogP contribution >= 0.6 is 0 Å². The smallest absolute Gasteiger partial charge is 0.418 e. The van der Waals surface area contributed by atoms with Crippen LogP contribution in [0.1, 0.15) is 62.3 Å². The molecule has 0 aromatic carbocycles. The second kappa shape index (κ2) is 73.6. The van der Waals surface area contributed by atoms with E-state index in [1.165, 1.54) is 0 Å². The Hall–Kier alpha value is 2.56. The normalized spacial score (nSPS) is 21.7. The molecule has 0 amide bonds. The lowest BCUT2D eigenvalue weighted by molar-refractivity contribution is 0.0398. The largest absolute Gasteiger partial charge is 0.526 e. The van der Waals surface area contributed by atoms with Gasteiger partial charge < -0.3 is 177 Å². The molecule has 0 spiro atoms. The van der Waals surface area contributed by atoms with Gasteiger partial charge in [-0.3, -0.25) is 0 Å². The van der Waals surface area contributed by atoms with Crippen LogP contribution in [0.15, 0.2) is 0 Å². The number of rotatable bonds is 36. The zero-order valence-corrected chi connectivity index (χ0v) is 109. The van der Waals surface area contributed by atoms with Gasteiger partial charge in [0, 0.05) is 138 Å². The highest BCUT2D eigenvalue weighted by Crippen LogP contribution is 2.27. The van der Waals surface area contributed by atoms with Crippen LogP contribution in [0, 0.1) is 0 Å². The highest BCUT2D eigenvalue weighted by atomic mass is 28.4. The van der Waals surface area contributed by atoms with Gasteiger partial charge in [0.1, 0.15) is 24.9 Å². The van der Waals surface area contributed by atoms with Gasteiger partial charge in [-0.2, -0.15) is 0 Å². The molecule has 131 heavy (non-hydrogen) atoms. The van der Waals surface area contributed by atoms with Crippen molar-refractivity contribution < 1.29 is 177 Å². The zero-order chi connectivity index (χ0) is 104. The molecule has 6 rings (SSSR count). The van der Waals surface area contributed by atoms with Crippen LogP contribution in [0.2, 0.25) is 164 Å². The van der Waals surface area contributed by atoms with E-state index in [0.29, 0.717) is 102 Å². The van der Waals surface area contributed by atoms with Crippen molar-refractivity contribution in [1.29, 1.82) is 0 Å². The van der Waals surface area contributed by atoms with E-state index in [-0.39, 0.29) is 43.6 Å². The molecule has 2 atom stereocenters. The lowest BCUT2D eigenvalue weighted by Crippen LogP contribution is -2.61. The van der Waals surface area contributed by atoms with E-state index >= 15 is 0 Å². The standard InChI is InChI=1S/2C8H20O4Si2.C7H18O3Si2.2C6H16O4Si2.C6H16O3Si2.C6H16O3Si.2C5H14O2Si.2C4H12O3Si.2C4H12O2Si/c2*1-5-9-14(10-6-2)8-11-13(3,4)7-12-14;1-5-8-12(4)7-9-11(2,3)6-10-12;2*1-7-12(8-2)6-9-11(3,4)5-10-12;1-7-11(4)6-8-10(2,3)5-9-11;1-4-8-10(3,6-7)9-5-2;2*1-4-7-8(2,3)5-6;2*1-6-8(3,4-5)7-2;2*1-6-7(2,3)4-5/h2*5-8H2,1-4H3;5-7H2,1-4H3;2*5-6H2,1-4H3;5-6H2,1-4H3;7H,4-6H2,1-3H3;2*6H,4-5H2,1-3H3;2*5H,4H2,1-3H3;2*5H,4H2,1-3H3. The number of aliphatic hydroxyl groups is 7. The minimum absolute atomic E-state index is 0.0139. The molecule has 0 bridgehead atoms. The van der Waals surface area contributed by atoms with Crippen LogP contribution in [0.4, 0.5) is 0 Å². The van der Waals surface area contributed by atoms with Gasteiger partial charge in [-0.15, -0.1) is 0 Å². The quantitative estimate of drug-likeness (QED) is 0.0288. The van der Waals surface area contributed by atoms with E-state index in [2.05, 4.69) is 85.1 Å². The molecule has 0 saturated carbocycles.